The van der Waals surface area contributed by atoms with Crippen LogP contribution in [0.3, 0.4) is 0 Å². The Bertz CT molecular complexity index is 136. The molecule has 2 aliphatic rings. The lowest BCUT2D eigenvalue weighted by molar-refractivity contribution is 0.901. The lowest BCUT2D eigenvalue weighted by Crippen LogP contribution is -2.03. The Labute approximate surface area is 55.9 Å². The predicted molar refractivity (Wildman–Crippen MR) is 39.7 cm³/mol. The van der Waals surface area contributed by atoms with Crippen molar-refractivity contribution < 1.29 is 0 Å². The molecule has 0 N–H and O–H groups in total. The van der Waals surface area contributed by atoms with Crippen molar-refractivity contribution in [1.29, 1.82) is 0 Å². The van der Waals surface area contributed by atoms with Crippen LogP contribution >= 0.6 is 23.5 Å². The first-order valence-corrected chi connectivity index (χ1v) is 4.19. The topological polar surface area (TPSA) is 24.7 Å². The fourth-order valence-corrected chi connectivity index (χ4v) is 2.53. The molecule has 0 spiro atoms. The molecule has 0 amide bonds. The maximum atomic E-state index is 4.17. The summed E-state index contributed by atoms with van der Waals surface area (Å²) >= 11 is 3.41. The molecule has 2 nitrogen and oxygen atoms in total. The van der Waals surface area contributed by atoms with Gasteiger partial charge in [-0.3, -0.25) is 9.98 Å². The zero-order chi connectivity index (χ0) is 5.40. The van der Waals surface area contributed by atoms with Gasteiger partial charge in [0.15, 0.2) is 0 Å². The Morgan fingerprint density at radius 1 is 1.00 bits per heavy atom. The number of thioether (sulfide) groups is 2. The molecule has 0 aromatic heterocycles. The van der Waals surface area contributed by atoms with E-state index in [0.29, 0.717) is 10.7 Å². The summed E-state index contributed by atoms with van der Waals surface area (Å²) in [7, 11) is 0. The second-order valence-corrected chi connectivity index (χ2v) is 3.49. The van der Waals surface area contributed by atoms with Gasteiger partial charge in [0.05, 0.1) is 11.1 Å². The van der Waals surface area contributed by atoms with Crippen molar-refractivity contribution >= 4 is 34.6 Å². The predicted octanol–water partition coefficient (Wildman–Crippen LogP) is 1.19. The Kier molecular flexibility index (Phi) is 1.08. The third-order valence-electron chi connectivity index (χ3n) is 1.06. The number of aliphatic imine (C=N–C) groups is 2. The third-order valence-corrected chi connectivity index (χ3v) is 3.04. The minimum atomic E-state index is 0.403. The van der Waals surface area contributed by atoms with Gasteiger partial charge >= 0.3 is 0 Å². The molecule has 2 heterocycles. The van der Waals surface area contributed by atoms with E-state index < -0.39 is 0 Å². The summed E-state index contributed by atoms with van der Waals surface area (Å²) in [5.74, 6) is 0. The molecule has 0 bridgehead atoms. The lowest BCUT2D eigenvalue weighted by atomic mass is 10.6. The maximum absolute atomic E-state index is 4.17. The number of rotatable bonds is 0. The van der Waals surface area contributed by atoms with Crippen molar-refractivity contribution in [3.05, 3.63) is 0 Å². The molecule has 0 saturated carbocycles. The third kappa shape index (κ3) is 0.596. The summed E-state index contributed by atoms with van der Waals surface area (Å²) in [6.07, 6.45) is 0. The molecule has 0 aliphatic carbocycles. The van der Waals surface area contributed by atoms with Crippen molar-refractivity contribution in [2.24, 2.45) is 9.98 Å². The largest absolute Gasteiger partial charge is 0.269 e. The van der Waals surface area contributed by atoms with Crippen molar-refractivity contribution in [3.63, 3.8) is 0 Å². The highest BCUT2D eigenvalue weighted by molar-refractivity contribution is 8.17. The van der Waals surface area contributed by atoms with Crippen LogP contribution < -0.4 is 0 Å². The van der Waals surface area contributed by atoms with Crippen LogP contribution in [0, 0.1) is 0 Å². The van der Waals surface area contributed by atoms with Gasteiger partial charge in [-0.2, -0.15) is 0 Å². The van der Waals surface area contributed by atoms with Gasteiger partial charge in [-0.05, 0) is 0 Å². The second kappa shape index (κ2) is 1.77. The molecule has 0 fully saturated rings. The van der Waals surface area contributed by atoms with Crippen LogP contribution in [0.2, 0.25) is 0 Å². The van der Waals surface area contributed by atoms with Crippen molar-refractivity contribution in [2.45, 2.75) is 10.7 Å². The average molecular weight is 144 g/mol. The van der Waals surface area contributed by atoms with Crippen molar-refractivity contribution in [1.82, 2.24) is 0 Å². The molecule has 8 heavy (non-hydrogen) atoms. The normalized spacial score (nSPS) is 41.0. The van der Waals surface area contributed by atoms with Crippen LogP contribution in [0.4, 0.5) is 0 Å². The molecule has 2 aliphatic heterocycles. The monoisotopic (exact) mass is 144 g/mol. The number of hydrogen-bond donors (Lipinski definition) is 0. The summed E-state index contributed by atoms with van der Waals surface area (Å²) in [5.41, 5.74) is 3.78. The quantitative estimate of drug-likeness (QED) is 0.510. The van der Waals surface area contributed by atoms with E-state index in [4.69, 9.17) is 0 Å². The van der Waals surface area contributed by atoms with Gasteiger partial charge in [-0.1, -0.05) is 23.5 Å². The molecular formula is C4H4N2S2. The molecule has 0 saturated heterocycles. The van der Waals surface area contributed by atoms with E-state index in [1.165, 1.54) is 0 Å². The molecule has 2 atom stereocenters. The SMILES string of the molecule is C1=NC2SC=NC2S1. The molecular weight excluding hydrogens is 140 g/mol. The number of nitrogens with zero attached hydrogens (tertiary/aromatic N) is 2. The van der Waals surface area contributed by atoms with E-state index in [-0.39, 0.29) is 0 Å². The minimum Gasteiger partial charge on any atom is -0.269 e. The first-order valence-electron chi connectivity index (χ1n) is 2.31. The standard InChI is InChI=1S/C4H4N2S2/c1-5-3-4(7-1)6-2-8-3/h1-4H. The Morgan fingerprint density at radius 2 is 1.50 bits per heavy atom. The molecule has 2 unspecified atom stereocenters. The van der Waals surface area contributed by atoms with Crippen molar-refractivity contribution in [3.8, 4) is 0 Å². The Balaban J connectivity index is 2.20. The summed E-state index contributed by atoms with van der Waals surface area (Å²) in [6, 6.07) is 0. The first-order chi connectivity index (χ1) is 3.97. The van der Waals surface area contributed by atoms with Gasteiger partial charge < -0.3 is 0 Å². The van der Waals surface area contributed by atoms with Crippen LogP contribution in [-0.4, -0.2) is 21.8 Å². The van der Waals surface area contributed by atoms with Gasteiger partial charge in [0.25, 0.3) is 0 Å². The second-order valence-electron chi connectivity index (χ2n) is 1.56. The van der Waals surface area contributed by atoms with E-state index in [2.05, 4.69) is 9.98 Å². The number of fused-ring (bicyclic) bond motifs is 1. The van der Waals surface area contributed by atoms with Crippen LogP contribution in [-0.2, 0) is 0 Å². The summed E-state index contributed by atoms with van der Waals surface area (Å²) in [5, 5.41) is 0.806. The maximum Gasteiger partial charge on any atom is 0.133 e. The minimum absolute atomic E-state index is 0.403. The lowest BCUT2D eigenvalue weighted by Gasteiger charge is -1.98. The molecule has 0 aromatic rings. The van der Waals surface area contributed by atoms with E-state index >= 15 is 0 Å². The van der Waals surface area contributed by atoms with Crippen LogP contribution in [0.25, 0.3) is 0 Å². The Hall–Kier alpha value is 0.0400. The van der Waals surface area contributed by atoms with Crippen LogP contribution in [0.1, 0.15) is 0 Å². The fraction of sp³-hybridized carbons (Fsp3) is 0.500. The zero-order valence-corrected chi connectivity index (χ0v) is 5.65. The molecule has 0 radical (unpaired) electrons. The first kappa shape index (κ1) is 4.88. The zero-order valence-electron chi connectivity index (χ0n) is 4.02. The highest BCUT2D eigenvalue weighted by Crippen LogP contribution is 2.34. The van der Waals surface area contributed by atoms with Crippen LogP contribution in [0.15, 0.2) is 9.98 Å². The van der Waals surface area contributed by atoms with Gasteiger partial charge in [0.1, 0.15) is 10.7 Å². The van der Waals surface area contributed by atoms with Gasteiger partial charge in [0, 0.05) is 0 Å². The fourth-order valence-electron chi connectivity index (χ4n) is 0.667. The van der Waals surface area contributed by atoms with E-state index in [0.717, 1.165) is 0 Å². The summed E-state index contributed by atoms with van der Waals surface area (Å²) in [6.45, 7) is 0. The number of hydrogen-bond acceptors (Lipinski definition) is 4. The average Bonchev–Trinajstić information content (AvgIpc) is 2.15. The highest BCUT2D eigenvalue weighted by Gasteiger charge is 2.27. The Morgan fingerprint density at radius 3 is 2.00 bits per heavy atom. The molecule has 2 rings (SSSR count). The van der Waals surface area contributed by atoms with E-state index in [1.807, 2.05) is 11.1 Å². The van der Waals surface area contributed by atoms with E-state index in [9.17, 15) is 0 Å². The van der Waals surface area contributed by atoms with Crippen LogP contribution in [0.5, 0.6) is 0 Å². The molecule has 42 valence electrons. The molecule has 4 heteroatoms. The summed E-state index contributed by atoms with van der Waals surface area (Å²) in [4.78, 5) is 8.35. The van der Waals surface area contributed by atoms with Gasteiger partial charge in [-0.25, -0.2) is 0 Å². The summed E-state index contributed by atoms with van der Waals surface area (Å²) < 4.78 is 0. The molecule has 0 aromatic carbocycles. The van der Waals surface area contributed by atoms with Crippen molar-refractivity contribution in [2.75, 3.05) is 0 Å². The smallest absolute Gasteiger partial charge is 0.133 e. The van der Waals surface area contributed by atoms with Gasteiger partial charge in [-0.15, -0.1) is 0 Å². The van der Waals surface area contributed by atoms with E-state index in [1.54, 1.807) is 23.5 Å². The van der Waals surface area contributed by atoms with Gasteiger partial charge in [0.2, 0.25) is 0 Å². The highest BCUT2D eigenvalue weighted by atomic mass is 32.2.